The molecule has 2 aromatic carbocycles. The van der Waals surface area contributed by atoms with E-state index < -0.39 is 0 Å². The van der Waals surface area contributed by atoms with Crippen LogP contribution in [-0.2, 0) is 6.54 Å². The third kappa shape index (κ3) is 4.00. The maximum absolute atomic E-state index is 6.15. The van der Waals surface area contributed by atoms with E-state index in [4.69, 9.17) is 21.1 Å². The van der Waals surface area contributed by atoms with Crippen molar-refractivity contribution in [2.24, 2.45) is 0 Å². The van der Waals surface area contributed by atoms with Crippen LogP contribution in [0.2, 0.25) is 5.02 Å². The van der Waals surface area contributed by atoms with Gasteiger partial charge in [0.2, 0.25) is 0 Å². The Kier molecular flexibility index (Phi) is 5.36. The van der Waals surface area contributed by atoms with Gasteiger partial charge in [-0.1, -0.05) is 29.8 Å². The molecule has 25 heavy (non-hydrogen) atoms. The van der Waals surface area contributed by atoms with Gasteiger partial charge >= 0.3 is 0 Å². The van der Waals surface area contributed by atoms with Gasteiger partial charge in [-0.2, -0.15) is 0 Å². The predicted molar refractivity (Wildman–Crippen MR) is 99.4 cm³/mol. The van der Waals surface area contributed by atoms with Crippen LogP contribution >= 0.6 is 11.6 Å². The lowest BCUT2D eigenvalue weighted by atomic mass is 10.1. The fraction of sp³-hybridized carbons (Fsp3) is 0.158. The van der Waals surface area contributed by atoms with Gasteiger partial charge in [0.25, 0.3) is 0 Å². The third-order valence-corrected chi connectivity index (χ3v) is 4.13. The highest BCUT2D eigenvalue weighted by Crippen LogP contribution is 2.31. The quantitative estimate of drug-likeness (QED) is 0.709. The number of ether oxygens (including phenoxy) is 2. The van der Waals surface area contributed by atoms with E-state index in [0.717, 1.165) is 21.8 Å². The normalized spacial score (nSPS) is 10.4. The maximum atomic E-state index is 6.15. The van der Waals surface area contributed by atoms with Crippen molar-refractivity contribution in [2.45, 2.75) is 6.54 Å². The van der Waals surface area contributed by atoms with E-state index in [9.17, 15) is 0 Å². The molecule has 1 heterocycles. The molecule has 0 atom stereocenters. The molecule has 0 radical (unpaired) electrons. The third-order valence-electron chi connectivity index (χ3n) is 3.76. The Balaban J connectivity index is 1.73. The topological polar surface area (TPSA) is 56.3 Å². The second kappa shape index (κ2) is 7.85. The summed E-state index contributed by atoms with van der Waals surface area (Å²) in [5.74, 6) is 2.02. The Morgan fingerprint density at radius 1 is 0.920 bits per heavy atom. The first-order chi connectivity index (χ1) is 12.2. The summed E-state index contributed by atoms with van der Waals surface area (Å²) in [7, 11) is 3.21. The number of aromatic nitrogens is 2. The summed E-state index contributed by atoms with van der Waals surface area (Å²) in [4.78, 5) is 0. The van der Waals surface area contributed by atoms with Gasteiger partial charge < -0.3 is 14.8 Å². The molecular weight excluding hydrogens is 338 g/mol. The van der Waals surface area contributed by atoms with Crippen molar-refractivity contribution in [2.75, 3.05) is 19.5 Å². The summed E-state index contributed by atoms with van der Waals surface area (Å²) < 4.78 is 10.6. The lowest BCUT2D eigenvalue weighted by molar-refractivity contribution is 0.355. The molecular formula is C19H18ClN3O2. The van der Waals surface area contributed by atoms with Crippen LogP contribution in [0.1, 0.15) is 5.56 Å². The minimum absolute atomic E-state index is 0.587. The van der Waals surface area contributed by atoms with E-state index in [1.165, 1.54) is 0 Å². The first-order valence-electron chi connectivity index (χ1n) is 7.74. The number of nitrogens with zero attached hydrogens (tertiary/aromatic N) is 2. The van der Waals surface area contributed by atoms with Crippen LogP contribution in [0.5, 0.6) is 11.5 Å². The molecule has 6 heteroatoms. The first kappa shape index (κ1) is 17.0. The molecule has 128 valence electrons. The zero-order valence-electron chi connectivity index (χ0n) is 14.0. The molecule has 0 amide bonds. The van der Waals surface area contributed by atoms with E-state index in [1.807, 2.05) is 54.6 Å². The molecule has 0 aliphatic rings. The fourth-order valence-electron chi connectivity index (χ4n) is 2.40. The van der Waals surface area contributed by atoms with Crippen LogP contribution < -0.4 is 14.8 Å². The Morgan fingerprint density at radius 3 is 2.40 bits per heavy atom. The second-order valence-corrected chi connectivity index (χ2v) is 5.73. The second-order valence-electron chi connectivity index (χ2n) is 5.32. The minimum atomic E-state index is 0.587. The first-order valence-corrected chi connectivity index (χ1v) is 8.12. The standard InChI is InChI=1S/C19H18ClN3O2/c1-24-17-9-7-13(11-18(17)25-2)16-8-10-19(23-22-16)21-12-14-5-3-4-6-15(14)20/h3-11H,12H2,1-2H3,(H,21,23). The number of halogens is 1. The highest BCUT2D eigenvalue weighted by Gasteiger charge is 2.08. The minimum Gasteiger partial charge on any atom is -0.493 e. The predicted octanol–water partition coefficient (Wildman–Crippen LogP) is 4.43. The number of rotatable bonds is 6. The Labute approximate surface area is 151 Å². The smallest absolute Gasteiger partial charge is 0.161 e. The monoisotopic (exact) mass is 355 g/mol. The molecule has 0 saturated heterocycles. The Hall–Kier alpha value is -2.79. The Bertz CT molecular complexity index is 854. The van der Waals surface area contributed by atoms with Gasteiger partial charge in [-0.15, -0.1) is 10.2 Å². The molecule has 3 rings (SSSR count). The van der Waals surface area contributed by atoms with Gasteiger partial charge in [0.05, 0.1) is 19.9 Å². The summed E-state index contributed by atoms with van der Waals surface area (Å²) in [6.07, 6.45) is 0. The molecule has 0 unspecified atom stereocenters. The van der Waals surface area contributed by atoms with Crippen molar-refractivity contribution < 1.29 is 9.47 Å². The van der Waals surface area contributed by atoms with E-state index >= 15 is 0 Å². The van der Waals surface area contributed by atoms with Crippen molar-refractivity contribution in [1.82, 2.24) is 10.2 Å². The van der Waals surface area contributed by atoms with Gasteiger partial charge in [-0.05, 0) is 42.0 Å². The summed E-state index contributed by atoms with van der Waals surface area (Å²) in [6, 6.07) is 17.1. The number of benzene rings is 2. The zero-order chi connectivity index (χ0) is 17.6. The SMILES string of the molecule is COc1ccc(-c2ccc(NCc3ccccc3Cl)nn2)cc1OC. The van der Waals surface area contributed by atoms with E-state index in [0.29, 0.717) is 23.9 Å². The highest BCUT2D eigenvalue weighted by molar-refractivity contribution is 6.31. The molecule has 0 aliphatic heterocycles. The number of anilines is 1. The van der Waals surface area contributed by atoms with E-state index in [-0.39, 0.29) is 0 Å². The van der Waals surface area contributed by atoms with Gasteiger partial charge in [0.15, 0.2) is 11.5 Å². The Morgan fingerprint density at radius 2 is 1.72 bits per heavy atom. The lowest BCUT2D eigenvalue weighted by Crippen LogP contribution is -2.03. The van der Waals surface area contributed by atoms with E-state index in [2.05, 4.69) is 15.5 Å². The van der Waals surface area contributed by atoms with Crippen molar-refractivity contribution in [3.8, 4) is 22.8 Å². The summed E-state index contributed by atoms with van der Waals surface area (Å²) in [6.45, 7) is 0.587. The number of nitrogens with one attached hydrogen (secondary N) is 1. The molecule has 0 spiro atoms. The molecule has 0 bridgehead atoms. The van der Waals surface area contributed by atoms with Crippen LogP contribution in [0.25, 0.3) is 11.3 Å². The van der Waals surface area contributed by atoms with Gasteiger partial charge in [-0.3, -0.25) is 0 Å². The highest BCUT2D eigenvalue weighted by atomic mass is 35.5. The van der Waals surface area contributed by atoms with Crippen molar-refractivity contribution in [1.29, 1.82) is 0 Å². The lowest BCUT2D eigenvalue weighted by Gasteiger charge is -2.10. The van der Waals surface area contributed by atoms with Crippen LogP contribution in [0.3, 0.4) is 0 Å². The van der Waals surface area contributed by atoms with Crippen LogP contribution in [0, 0.1) is 0 Å². The van der Waals surface area contributed by atoms with Crippen molar-refractivity contribution in [3.05, 3.63) is 65.2 Å². The maximum Gasteiger partial charge on any atom is 0.161 e. The molecule has 3 aromatic rings. The van der Waals surface area contributed by atoms with E-state index in [1.54, 1.807) is 14.2 Å². The number of hydrogen-bond acceptors (Lipinski definition) is 5. The summed E-state index contributed by atoms with van der Waals surface area (Å²) in [5, 5.41) is 12.4. The van der Waals surface area contributed by atoms with Gasteiger partial charge in [-0.25, -0.2) is 0 Å². The van der Waals surface area contributed by atoms with Crippen LogP contribution in [0.15, 0.2) is 54.6 Å². The molecule has 0 aliphatic carbocycles. The molecule has 1 aromatic heterocycles. The summed E-state index contributed by atoms with van der Waals surface area (Å²) >= 11 is 6.15. The fourth-order valence-corrected chi connectivity index (χ4v) is 2.61. The van der Waals surface area contributed by atoms with Crippen molar-refractivity contribution in [3.63, 3.8) is 0 Å². The van der Waals surface area contributed by atoms with Crippen LogP contribution in [-0.4, -0.2) is 24.4 Å². The summed E-state index contributed by atoms with van der Waals surface area (Å²) in [5.41, 5.74) is 2.67. The average molecular weight is 356 g/mol. The van der Waals surface area contributed by atoms with Gasteiger partial charge in [0.1, 0.15) is 5.82 Å². The average Bonchev–Trinajstić information content (AvgIpc) is 2.67. The molecule has 1 N–H and O–H groups in total. The molecule has 0 fully saturated rings. The van der Waals surface area contributed by atoms with Crippen molar-refractivity contribution >= 4 is 17.4 Å². The molecule has 0 saturated carbocycles. The molecule has 5 nitrogen and oxygen atoms in total. The zero-order valence-corrected chi connectivity index (χ0v) is 14.7. The van der Waals surface area contributed by atoms with Gasteiger partial charge in [0, 0.05) is 17.1 Å². The van der Waals surface area contributed by atoms with Crippen LogP contribution in [0.4, 0.5) is 5.82 Å². The number of methoxy groups -OCH3 is 2. The largest absolute Gasteiger partial charge is 0.493 e. The number of hydrogen-bond donors (Lipinski definition) is 1.